The van der Waals surface area contributed by atoms with Crippen LogP contribution in [0.2, 0.25) is 5.02 Å². The lowest BCUT2D eigenvalue weighted by Crippen LogP contribution is -2.37. The maximum atomic E-state index is 13.0. The Kier molecular flexibility index (Phi) is 7.14. The van der Waals surface area contributed by atoms with Gasteiger partial charge in [-0.15, -0.1) is 20.4 Å². The zero-order valence-electron chi connectivity index (χ0n) is 18.4. The van der Waals surface area contributed by atoms with Crippen molar-refractivity contribution in [1.82, 2.24) is 29.9 Å². The molecule has 11 heteroatoms. The smallest absolute Gasteiger partial charge is 0.249 e. The van der Waals surface area contributed by atoms with Gasteiger partial charge in [-0.05, 0) is 45.0 Å². The van der Waals surface area contributed by atoms with Gasteiger partial charge in [-0.2, -0.15) is 0 Å². The van der Waals surface area contributed by atoms with Gasteiger partial charge in [0.05, 0.1) is 29.1 Å². The Hall–Kier alpha value is -3.11. The molecule has 172 valence electrons. The van der Waals surface area contributed by atoms with E-state index in [2.05, 4.69) is 20.4 Å². The third kappa shape index (κ3) is 5.12. The molecule has 4 rings (SSSR count). The Labute approximate surface area is 200 Å². The maximum absolute atomic E-state index is 13.0. The van der Waals surface area contributed by atoms with Crippen LogP contribution in [0.3, 0.4) is 0 Å². The molecule has 0 saturated carbocycles. The fraction of sp³-hybridized carbons (Fsp3) is 0.318. The summed E-state index contributed by atoms with van der Waals surface area (Å²) in [6.07, 6.45) is 1.59. The van der Waals surface area contributed by atoms with Crippen molar-refractivity contribution in [2.45, 2.75) is 45.1 Å². The highest BCUT2D eigenvalue weighted by Crippen LogP contribution is 2.27. The predicted octanol–water partition coefficient (Wildman–Crippen LogP) is 4.79. The summed E-state index contributed by atoms with van der Waals surface area (Å²) in [4.78, 5) is 14.7. The van der Waals surface area contributed by atoms with Crippen LogP contribution in [0.25, 0.3) is 23.0 Å². The highest BCUT2D eigenvalue weighted by atomic mass is 35.5. The number of carbonyl (C=O) groups is 1. The first-order valence-electron chi connectivity index (χ1n) is 10.4. The lowest BCUT2D eigenvalue weighted by Gasteiger charge is -2.25. The summed E-state index contributed by atoms with van der Waals surface area (Å²) in [5.41, 5.74) is 0.655. The van der Waals surface area contributed by atoms with Crippen LogP contribution in [0, 0.1) is 0 Å². The summed E-state index contributed by atoms with van der Waals surface area (Å²) >= 11 is 7.55. The minimum atomic E-state index is -0.0716. The highest BCUT2D eigenvalue weighted by Gasteiger charge is 2.23. The van der Waals surface area contributed by atoms with Gasteiger partial charge in [0.25, 0.3) is 0 Å². The largest absolute Gasteiger partial charge is 0.461 e. The molecule has 0 aliphatic heterocycles. The normalized spacial score (nSPS) is 11.3. The molecule has 33 heavy (non-hydrogen) atoms. The third-order valence-corrected chi connectivity index (χ3v) is 6.20. The number of thioether (sulfide) groups is 1. The Morgan fingerprint density at radius 3 is 2.67 bits per heavy atom. The number of amides is 1. The summed E-state index contributed by atoms with van der Waals surface area (Å²) in [5.74, 6) is 2.06. The lowest BCUT2D eigenvalue weighted by molar-refractivity contribution is -0.131. The average molecular weight is 487 g/mol. The molecule has 9 nitrogen and oxygen atoms in total. The molecule has 0 spiro atoms. The van der Waals surface area contributed by atoms with E-state index in [0.29, 0.717) is 45.7 Å². The summed E-state index contributed by atoms with van der Waals surface area (Å²) in [6, 6.07) is 10.8. The van der Waals surface area contributed by atoms with E-state index in [1.165, 1.54) is 11.8 Å². The minimum absolute atomic E-state index is 0.0588. The van der Waals surface area contributed by atoms with Crippen LogP contribution in [0.15, 0.2) is 56.7 Å². The van der Waals surface area contributed by atoms with Crippen molar-refractivity contribution in [2.24, 2.45) is 0 Å². The van der Waals surface area contributed by atoms with Crippen molar-refractivity contribution in [3.63, 3.8) is 0 Å². The van der Waals surface area contributed by atoms with Crippen molar-refractivity contribution in [2.75, 3.05) is 5.75 Å². The first kappa shape index (κ1) is 23.1. The van der Waals surface area contributed by atoms with E-state index in [4.69, 9.17) is 20.4 Å². The number of benzene rings is 1. The second-order valence-corrected chi connectivity index (χ2v) is 8.76. The van der Waals surface area contributed by atoms with Crippen LogP contribution in [-0.4, -0.2) is 47.6 Å². The molecule has 4 aromatic rings. The van der Waals surface area contributed by atoms with Crippen LogP contribution in [0.1, 0.15) is 26.7 Å². The molecule has 0 unspecified atom stereocenters. The highest BCUT2D eigenvalue weighted by molar-refractivity contribution is 7.99. The fourth-order valence-corrected chi connectivity index (χ4v) is 4.35. The standard InChI is InChI=1S/C22H23ClN6O3S/c1-4-28-20(17-10-7-11-31-17)25-27-22(28)33-13-19(30)29(14(2)3)12-18-24-26-21(32-18)15-8-5-6-9-16(15)23/h5-11,14H,4,12-13H2,1-3H3. The number of furan rings is 1. The monoisotopic (exact) mass is 486 g/mol. The van der Waals surface area contributed by atoms with Crippen LogP contribution >= 0.6 is 23.4 Å². The summed E-state index contributed by atoms with van der Waals surface area (Å²) in [7, 11) is 0. The first-order chi connectivity index (χ1) is 16.0. The SMILES string of the molecule is CCn1c(SCC(=O)N(Cc2nnc(-c3ccccc3Cl)o2)C(C)C)nnc1-c1ccco1. The van der Waals surface area contributed by atoms with Crippen LogP contribution in [0.5, 0.6) is 0 Å². The van der Waals surface area contributed by atoms with Gasteiger partial charge in [-0.25, -0.2) is 0 Å². The topological polar surface area (TPSA) is 103 Å². The summed E-state index contributed by atoms with van der Waals surface area (Å²) < 4.78 is 13.1. The van der Waals surface area contributed by atoms with E-state index in [1.807, 2.05) is 49.6 Å². The maximum Gasteiger partial charge on any atom is 0.249 e. The number of rotatable bonds is 9. The van der Waals surface area contributed by atoms with E-state index < -0.39 is 0 Å². The Morgan fingerprint density at radius 2 is 1.97 bits per heavy atom. The molecular weight excluding hydrogens is 464 g/mol. The fourth-order valence-electron chi connectivity index (χ4n) is 3.24. The van der Waals surface area contributed by atoms with E-state index >= 15 is 0 Å². The van der Waals surface area contributed by atoms with Crippen molar-refractivity contribution in [3.05, 3.63) is 53.6 Å². The molecule has 3 heterocycles. The molecule has 0 fully saturated rings. The lowest BCUT2D eigenvalue weighted by atomic mass is 10.2. The average Bonchev–Trinajstić information content (AvgIpc) is 3.56. The van der Waals surface area contributed by atoms with Crippen molar-refractivity contribution >= 4 is 29.3 Å². The molecule has 0 bridgehead atoms. The van der Waals surface area contributed by atoms with Crippen molar-refractivity contribution in [3.8, 4) is 23.0 Å². The van der Waals surface area contributed by atoms with E-state index in [1.54, 1.807) is 23.3 Å². The van der Waals surface area contributed by atoms with Gasteiger partial charge < -0.3 is 13.7 Å². The molecule has 1 aromatic carbocycles. The van der Waals surface area contributed by atoms with Gasteiger partial charge in [-0.1, -0.05) is 35.5 Å². The summed E-state index contributed by atoms with van der Waals surface area (Å²) in [6.45, 7) is 6.73. The number of hydrogen-bond donors (Lipinski definition) is 0. The van der Waals surface area contributed by atoms with Gasteiger partial charge in [0.15, 0.2) is 16.7 Å². The number of halogens is 1. The van der Waals surface area contributed by atoms with E-state index in [0.717, 1.165) is 0 Å². The molecule has 0 N–H and O–H groups in total. The molecule has 0 radical (unpaired) electrons. The van der Waals surface area contributed by atoms with Gasteiger partial charge >= 0.3 is 0 Å². The zero-order chi connectivity index (χ0) is 23.4. The van der Waals surface area contributed by atoms with Gasteiger partial charge in [0.1, 0.15) is 0 Å². The molecular formula is C22H23ClN6O3S. The quantitative estimate of drug-likeness (QED) is 0.311. The third-order valence-electron chi connectivity index (χ3n) is 4.92. The zero-order valence-corrected chi connectivity index (χ0v) is 20.0. The van der Waals surface area contributed by atoms with Crippen molar-refractivity contribution < 1.29 is 13.6 Å². The minimum Gasteiger partial charge on any atom is -0.461 e. The van der Waals surface area contributed by atoms with Gasteiger partial charge in [0, 0.05) is 12.6 Å². The predicted molar refractivity (Wildman–Crippen MR) is 125 cm³/mol. The Balaban J connectivity index is 1.44. The Morgan fingerprint density at radius 1 is 1.15 bits per heavy atom. The van der Waals surface area contributed by atoms with E-state index in [9.17, 15) is 4.79 Å². The van der Waals surface area contributed by atoms with E-state index in [-0.39, 0.29) is 24.2 Å². The molecule has 0 atom stereocenters. The second-order valence-electron chi connectivity index (χ2n) is 7.41. The Bertz CT molecular complexity index is 1220. The molecule has 1 amide bonds. The van der Waals surface area contributed by atoms with Crippen molar-refractivity contribution in [1.29, 1.82) is 0 Å². The number of nitrogens with zero attached hydrogens (tertiary/aromatic N) is 6. The molecule has 0 aliphatic carbocycles. The second kappa shape index (κ2) is 10.2. The molecule has 3 aromatic heterocycles. The number of aromatic nitrogens is 5. The molecule has 0 aliphatic rings. The first-order valence-corrected chi connectivity index (χ1v) is 11.8. The van der Waals surface area contributed by atoms with Gasteiger partial charge in [0.2, 0.25) is 17.7 Å². The van der Waals surface area contributed by atoms with Crippen LogP contribution < -0.4 is 0 Å². The number of carbonyl (C=O) groups excluding carboxylic acids is 1. The summed E-state index contributed by atoms with van der Waals surface area (Å²) in [5, 5.41) is 17.8. The molecule has 0 saturated heterocycles. The number of hydrogen-bond acceptors (Lipinski definition) is 8. The van der Waals surface area contributed by atoms with Gasteiger partial charge in [-0.3, -0.25) is 9.36 Å². The van der Waals surface area contributed by atoms with Crippen LogP contribution in [0.4, 0.5) is 0 Å². The van der Waals surface area contributed by atoms with Crippen LogP contribution in [-0.2, 0) is 17.9 Å².